The van der Waals surface area contributed by atoms with Crippen molar-refractivity contribution < 1.29 is 0 Å². The third-order valence-corrected chi connectivity index (χ3v) is 3.23. The van der Waals surface area contributed by atoms with Crippen molar-refractivity contribution in [1.82, 2.24) is 4.98 Å². The number of pyridine rings is 1. The number of piperidine rings is 1. The summed E-state index contributed by atoms with van der Waals surface area (Å²) in [4.78, 5) is 6.46. The van der Waals surface area contributed by atoms with Crippen LogP contribution in [0.2, 0.25) is 0 Å². The van der Waals surface area contributed by atoms with Gasteiger partial charge in [0.2, 0.25) is 0 Å². The van der Waals surface area contributed by atoms with Crippen LogP contribution in [-0.2, 0) is 0 Å². The second-order valence-corrected chi connectivity index (χ2v) is 4.41. The van der Waals surface area contributed by atoms with Crippen LogP contribution in [0.15, 0.2) is 24.5 Å². The maximum atomic E-state index is 5.97. The van der Waals surface area contributed by atoms with Crippen LogP contribution < -0.4 is 10.6 Å². The first-order chi connectivity index (χ1) is 7.27. The Morgan fingerprint density at radius 3 is 2.87 bits per heavy atom. The molecule has 0 aliphatic carbocycles. The fourth-order valence-corrected chi connectivity index (χ4v) is 2.23. The van der Waals surface area contributed by atoms with Gasteiger partial charge < -0.3 is 10.6 Å². The topological polar surface area (TPSA) is 42.1 Å². The van der Waals surface area contributed by atoms with Crippen molar-refractivity contribution >= 4 is 5.69 Å². The molecule has 2 atom stereocenters. The van der Waals surface area contributed by atoms with Crippen molar-refractivity contribution in [3.05, 3.63) is 24.5 Å². The van der Waals surface area contributed by atoms with Gasteiger partial charge in [-0.3, -0.25) is 4.98 Å². The van der Waals surface area contributed by atoms with Gasteiger partial charge in [0.05, 0.1) is 0 Å². The Balaban J connectivity index is 2.05. The molecule has 1 saturated heterocycles. The van der Waals surface area contributed by atoms with Crippen LogP contribution in [0.1, 0.15) is 19.8 Å². The van der Waals surface area contributed by atoms with Crippen LogP contribution in [0, 0.1) is 5.92 Å². The largest absolute Gasteiger partial charge is 0.371 e. The van der Waals surface area contributed by atoms with E-state index in [0.29, 0.717) is 12.0 Å². The Bertz CT molecular complexity index is 297. The zero-order chi connectivity index (χ0) is 10.7. The van der Waals surface area contributed by atoms with Gasteiger partial charge in [0.1, 0.15) is 0 Å². The average molecular weight is 205 g/mol. The second-order valence-electron chi connectivity index (χ2n) is 4.41. The normalized spacial score (nSPS) is 23.9. The molecule has 0 bridgehead atoms. The number of anilines is 1. The third-order valence-electron chi connectivity index (χ3n) is 3.23. The standard InChI is InChI=1S/C12H19N3/c1-10(13)11-3-2-8-15(9-11)12-4-6-14-7-5-12/h4-7,10-11H,2-3,8-9,13H2,1H3. The van der Waals surface area contributed by atoms with E-state index >= 15 is 0 Å². The van der Waals surface area contributed by atoms with E-state index < -0.39 is 0 Å². The Labute approximate surface area is 91.3 Å². The highest BCUT2D eigenvalue weighted by molar-refractivity contribution is 5.44. The Morgan fingerprint density at radius 2 is 2.20 bits per heavy atom. The molecule has 1 aromatic rings. The summed E-state index contributed by atoms with van der Waals surface area (Å²) in [5, 5.41) is 0. The molecule has 0 amide bonds. The summed E-state index contributed by atoms with van der Waals surface area (Å²) in [6.07, 6.45) is 6.21. The van der Waals surface area contributed by atoms with Crippen LogP contribution in [0.5, 0.6) is 0 Å². The zero-order valence-corrected chi connectivity index (χ0v) is 9.26. The number of rotatable bonds is 2. The van der Waals surface area contributed by atoms with Gasteiger partial charge in [-0.1, -0.05) is 0 Å². The lowest BCUT2D eigenvalue weighted by atomic mass is 9.92. The maximum Gasteiger partial charge on any atom is 0.0397 e. The summed E-state index contributed by atoms with van der Waals surface area (Å²) < 4.78 is 0. The molecule has 2 heterocycles. The highest BCUT2D eigenvalue weighted by Crippen LogP contribution is 2.23. The molecule has 1 aliphatic rings. The molecule has 0 spiro atoms. The van der Waals surface area contributed by atoms with Gasteiger partial charge in [0.15, 0.2) is 0 Å². The maximum absolute atomic E-state index is 5.97. The predicted molar refractivity (Wildman–Crippen MR) is 62.8 cm³/mol. The highest BCUT2D eigenvalue weighted by Gasteiger charge is 2.22. The molecule has 2 unspecified atom stereocenters. The van der Waals surface area contributed by atoms with E-state index in [2.05, 4.69) is 28.9 Å². The van der Waals surface area contributed by atoms with Gasteiger partial charge in [-0.2, -0.15) is 0 Å². The fraction of sp³-hybridized carbons (Fsp3) is 0.583. The van der Waals surface area contributed by atoms with Crippen molar-refractivity contribution in [2.75, 3.05) is 18.0 Å². The minimum atomic E-state index is 0.301. The first-order valence-electron chi connectivity index (χ1n) is 5.68. The van der Waals surface area contributed by atoms with Crippen molar-refractivity contribution in [3.63, 3.8) is 0 Å². The second kappa shape index (κ2) is 4.62. The van der Waals surface area contributed by atoms with E-state index in [9.17, 15) is 0 Å². The molecule has 15 heavy (non-hydrogen) atoms. The molecular formula is C12H19N3. The van der Waals surface area contributed by atoms with Gasteiger partial charge in [0, 0.05) is 37.2 Å². The van der Waals surface area contributed by atoms with Crippen molar-refractivity contribution in [2.45, 2.75) is 25.8 Å². The van der Waals surface area contributed by atoms with E-state index in [4.69, 9.17) is 5.73 Å². The minimum Gasteiger partial charge on any atom is -0.371 e. The Kier molecular flexibility index (Phi) is 3.21. The molecule has 2 N–H and O–H groups in total. The van der Waals surface area contributed by atoms with Gasteiger partial charge in [-0.25, -0.2) is 0 Å². The molecule has 1 aliphatic heterocycles. The molecule has 2 rings (SSSR count). The summed E-state index contributed by atoms with van der Waals surface area (Å²) in [5.74, 6) is 0.631. The van der Waals surface area contributed by atoms with E-state index in [-0.39, 0.29) is 0 Å². The van der Waals surface area contributed by atoms with E-state index in [0.717, 1.165) is 13.1 Å². The van der Waals surface area contributed by atoms with Crippen LogP contribution in [0.4, 0.5) is 5.69 Å². The van der Waals surface area contributed by atoms with Gasteiger partial charge in [-0.05, 0) is 37.8 Å². The number of nitrogens with zero attached hydrogens (tertiary/aromatic N) is 2. The van der Waals surface area contributed by atoms with Crippen molar-refractivity contribution in [2.24, 2.45) is 11.7 Å². The number of nitrogens with two attached hydrogens (primary N) is 1. The zero-order valence-electron chi connectivity index (χ0n) is 9.26. The number of hydrogen-bond acceptors (Lipinski definition) is 3. The van der Waals surface area contributed by atoms with Gasteiger partial charge in [-0.15, -0.1) is 0 Å². The van der Waals surface area contributed by atoms with Gasteiger partial charge in [0.25, 0.3) is 0 Å². The number of aromatic nitrogens is 1. The lowest BCUT2D eigenvalue weighted by Gasteiger charge is -2.36. The molecule has 1 aromatic heterocycles. The highest BCUT2D eigenvalue weighted by atomic mass is 15.1. The van der Waals surface area contributed by atoms with Gasteiger partial charge >= 0.3 is 0 Å². The summed E-state index contributed by atoms with van der Waals surface area (Å²) >= 11 is 0. The summed E-state index contributed by atoms with van der Waals surface area (Å²) in [6, 6.07) is 4.45. The molecule has 3 nitrogen and oxygen atoms in total. The summed E-state index contributed by atoms with van der Waals surface area (Å²) in [7, 11) is 0. The molecule has 82 valence electrons. The van der Waals surface area contributed by atoms with Crippen LogP contribution in [0.25, 0.3) is 0 Å². The van der Waals surface area contributed by atoms with Crippen molar-refractivity contribution in [1.29, 1.82) is 0 Å². The predicted octanol–water partition coefficient (Wildman–Crippen LogP) is 1.65. The minimum absolute atomic E-state index is 0.301. The average Bonchev–Trinajstić information content (AvgIpc) is 2.30. The smallest absolute Gasteiger partial charge is 0.0397 e. The van der Waals surface area contributed by atoms with Crippen molar-refractivity contribution in [3.8, 4) is 0 Å². The Morgan fingerprint density at radius 1 is 1.47 bits per heavy atom. The molecule has 0 aromatic carbocycles. The summed E-state index contributed by atoms with van der Waals surface area (Å²) in [6.45, 7) is 4.34. The van der Waals surface area contributed by atoms with Crippen LogP contribution in [0.3, 0.4) is 0 Å². The molecule has 3 heteroatoms. The molecule has 1 fully saturated rings. The fourth-order valence-electron chi connectivity index (χ4n) is 2.23. The summed E-state index contributed by atoms with van der Waals surface area (Å²) in [5.41, 5.74) is 7.24. The lowest BCUT2D eigenvalue weighted by Crippen LogP contribution is -2.42. The Hall–Kier alpha value is -1.09. The monoisotopic (exact) mass is 205 g/mol. The van der Waals surface area contributed by atoms with E-state index in [1.54, 1.807) is 0 Å². The van der Waals surface area contributed by atoms with E-state index in [1.807, 2.05) is 12.4 Å². The third kappa shape index (κ3) is 2.48. The first-order valence-corrected chi connectivity index (χ1v) is 5.68. The molecule has 0 radical (unpaired) electrons. The molecular weight excluding hydrogens is 186 g/mol. The van der Waals surface area contributed by atoms with Crippen LogP contribution >= 0.6 is 0 Å². The quantitative estimate of drug-likeness (QED) is 0.798. The first kappa shape index (κ1) is 10.4. The van der Waals surface area contributed by atoms with E-state index in [1.165, 1.54) is 18.5 Å². The molecule has 0 saturated carbocycles. The lowest BCUT2D eigenvalue weighted by molar-refractivity contribution is 0.364. The number of hydrogen-bond donors (Lipinski definition) is 1. The van der Waals surface area contributed by atoms with Crippen LogP contribution in [-0.4, -0.2) is 24.1 Å². The SMILES string of the molecule is CC(N)C1CCCN(c2ccncc2)C1.